The lowest BCUT2D eigenvalue weighted by atomic mass is 9.84. The summed E-state index contributed by atoms with van der Waals surface area (Å²) in [4.78, 5) is 5.33. The van der Waals surface area contributed by atoms with Crippen molar-refractivity contribution in [3.63, 3.8) is 0 Å². The number of nitrogens with one attached hydrogen (secondary N) is 1. The van der Waals surface area contributed by atoms with Gasteiger partial charge in [0.15, 0.2) is 5.13 Å². The van der Waals surface area contributed by atoms with Gasteiger partial charge in [0, 0.05) is 23.7 Å². The van der Waals surface area contributed by atoms with Crippen LogP contribution >= 0.6 is 11.3 Å². The van der Waals surface area contributed by atoms with Gasteiger partial charge in [0.05, 0.1) is 0 Å². The van der Waals surface area contributed by atoms with Gasteiger partial charge in [-0.15, -0.1) is 11.3 Å². The van der Waals surface area contributed by atoms with Gasteiger partial charge in [0.2, 0.25) is 0 Å². The van der Waals surface area contributed by atoms with E-state index in [0.29, 0.717) is 11.2 Å². The van der Waals surface area contributed by atoms with Crippen LogP contribution in [0.1, 0.15) is 37.5 Å². The first kappa shape index (κ1) is 11.5. The van der Waals surface area contributed by atoms with Gasteiger partial charge in [-0.3, -0.25) is 0 Å². The summed E-state index contributed by atoms with van der Waals surface area (Å²) in [6.45, 7) is 3.26. The third-order valence-electron chi connectivity index (χ3n) is 4.60. The van der Waals surface area contributed by atoms with Crippen molar-refractivity contribution >= 4 is 16.5 Å². The van der Waals surface area contributed by atoms with Gasteiger partial charge in [-0.05, 0) is 43.9 Å². The van der Waals surface area contributed by atoms with Crippen molar-refractivity contribution < 1.29 is 0 Å². The second-order valence-corrected chi connectivity index (χ2v) is 6.82. The molecule has 3 nitrogen and oxygen atoms in total. The van der Waals surface area contributed by atoms with E-state index in [-0.39, 0.29) is 0 Å². The number of fused-ring (bicyclic) bond motifs is 2. The summed E-state index contributed by atoms with van der Waals surface area (Å²) in [7, 11) is 0. The molecule has 0 amide bonds. The standard InChI is InChI=1S/C13H21N3S/c1-8(12-5-9-2-3-10(12)4-9)15-6-11-7-16-13(14)17-11/h7-10,12,15H,2-6H2,1H3,(H2,14,16). The minimum absolute atomic E-state index is 0.633. The lowest BCUT2D eigenvalue weighted by molar-refractivity contribution is 0.260. The summed E-state index contributed by atoms with van der Waals surface area (Å²) < 4.78 is 0. The van der Waals surface area contributed by atoms with Crippen LogP contribution in [0.4, 0.5) is 5.13 Å². The van der Waals surface area contributed by atoms with E-state index >= 15 is 0 Å². The van der Waals surface area contributed by atoms with E-state index in [1.54, 1.807) is 11.3 Å². The van der Waals surface area contributed by atoms with Crippen molar-refractivity contribution in [3.8, 4) is 0 Å². The van der Waals surface area contributed by atoms with Crippen LogP contribution in [0.2, 0.25) is 0 Å². The second kappa shape index (κ2) is 4.58. The maximum Gasteiger partial charge on any atom is 0.180 e. The van der Waals surface area contributed by atoms with Crippen LogP contribution in [-0.2, 0) is 6.54 Å². The summed E-state index contributed by atoms with van der Waals surface area (Å²) in [5.41, 5.74) is 5.64. The molecular weight excluding hydrogens is 230 g/mol. The minimum atomic E-state index is 0.633. The zero-order valence-corrected chi connectivity index (χ0v) is 11.2. The van der Waals surface area contributed by atoms with Crippen LogP contribution in [0.3, 0.4) is 0 Å². The van der Waals surface area contributed by atoms with E-state index in [2.05, 4.69) is 17.2 Å². The molecule has 2 aliphatic carbocycles. The van der Waals surface area contributed by atoms with E-state index in [1.807, 2.05) is 6.20 Å². The second-order valence-electron chi connectivity index (χ2n) is 5.67. The van der Waals surface area contributed by atoms with Gasteiger partial charge < -0.3 is 11.1 Å². The molecule has 0 saturated heterocycles. The molecule has 0 spiro atoms. The molecule has 1 heterocycles. The number of rotatable bonds is 4. The summed E-state index contributed by atoms with van der Waals surface area (Å²) in [6.07, 6.45) is 7.78. The molecule has 2 bridgehead atoms. The van der Waals surface area contributed by atoms with E-state index in [1.165, 1.54) is 30.6 Å². The number of nitrogens with two attached hydrogens (primary N) is 1. The summed E-state index contributed by atoms with van der Waals surface area (Å²) in [6, 6.07) is 0.633. The normalized spacial score (nSPS) is 33.1. The molecule has 3 N–H and O–H groups in total. The molecule has 4 unspecified atom stereocenters. The third-order valence-corrected chi connectivity index (χ3v) is 5.43. The number of aromatic nitrogens is 1. The molecule has 2 aliphatic rings. The Morgan fingerprint density at radius 2 is 2.41 bits per heavy atom. The van der Waals surface area contributed by atoms with Crippen LogP contribution in [0, 0.1) is 17.8 Å². The number of nitrogens with zero attached hydrogens (tertiary/aromatic N) is 1. The maximum absolute atomic E-state index is 5.64. The molecule has 0 aromatic carbocycles. The smallest absolute Gasteiger partial charge is 0.180 e. The number of hydrogen-bond donors (Lipinski definition) is 2. The predicted molar refractivity (Wildman–Crippen MR) is 71.8 cm³/mol. The first-order chi connectivity index (χ1) is 8.22. The van der Waals surface area contributed by atoms with Crippen molar-refractivity contribution in [2.75, 3.05) is 5.73 Å². The highest BCUT2D eigenvalue weighted by molar-refractivity contribution is 7.15. The molecule has 1 aromatic rings. The topological polar surface area (TPSA) is 50.9 Å². The molecule has 0 radical (unpaired) electrons. The minimum Gasteiger partial charge on any atom is -0.375 e. The Labute approximate surface area is 107 Å². The molecule has 2 saturated carbocycles. The number of hydrogen-bond acceptors (Lipinski definition) is 4. The molecule has 0 aliphatic heterocycles. The quantitative estimate of drug-likeness (QED) is 0.865. The average molecular weight is 251 g/mol. The Morgan fingerprint density at radius 3 is 3.00 bits per heavy atom. The van der Waals surface area contributed by atoms with E-state index in [0.717, 1.165) is 24.3 Å². The maximum atomic E-state index is 5.64. The Balaban J connectivity index is 1.52. The highest BCUT2D eigenvalue weighted by Crippen LogP contribution is 2.49. The predicted octanol–water partition coefficient (Wildman–Crippen LogP) is 2.64. The fourth-order valence-electron chi connectivity index (χ4n) is 3.72. The van der Waals surface area contributed by atoms with E-state index < -0.39 is 0 Å². The molecule has 3 rings (SSSR count). The average Bonchev–Trinajstić information content (AvgIpc) is 3.01. The van der Waals surface area contributed by atoms with Crippen molar-refractivity contribution in [1.29, 1.82) is 0 Å². The first-order valence-corrected chi connectivity index (χ1v) is 7.47. The zero-order valence-electron chi connectivity index (χ0n) is 10.4. The third kappa shape index (κ3) is 2.33. The Hall–Kier alpha value is -0.610. The van der Waals surface area contributed by atoms with Gasteiger partial charge >= 0.3 is 0 Å². The Kier molecular flexibility index (Phi) is 3.09. The number of nitrogen functional groups attached to an aromatic ring is 1. The Morgan fingerprint density at radius 1 is 1.53 bits per heavy atom. The van der Waals surface area contributed by atoms with Crippen LogP contribution in [-0.4, -0.2) is 11.0 Å². The molecule has 2 fully saturated rings. The molecule has 94 valence electrons. The van der Waals surface area contributed by atoms with Crippen LogP contribution in [0.25, 0.3) is 0 Å². The van der Waals surface area contributed by atoms with Gasteiger partial charge in [0.1, 0.15) is 0 Å². The van der Waals surface area contributed by atoms with Crippen molar-refractivity contribution in [3.05, 3.63) is 11.1 Å². The van der Waals surface area contributed by atoms with Crippen LogP contribution < -0.4 is 11.1 Å². The van der Waals surface area contributed by atoms with Crippen LogP contribution in [0.5, 0.6) is 0 Å². The van der Waals surface area contributed by atoms with Crippen molar-refractivity contribution in [2.24, 2.45) is 17.8 Å². The first-order valence-electron chi connectivity index (χ1n) is 6.66. The van der Waals surface area contributed by atoms with Gasteiger partial charge in [-0.2, -0.15) is 0 Å². The molecule has 17 heavy (non-hydrogen) atoms. The van der Waals surface area contributed by atoms with Crippen LogP contribution in [0.15, 0.2) is 6.20 Å². The largest absolute Gasteiger partial charge is 0.375 e. The number of anilines is 1. The zero-order chi connectivity index (χ0) is 11.8. The molecule has 4 atom stereocenters. The fraction of sp³-hybridized carbons (Fsp3) is 0.769. The lowest BCUT2D eigenvalue weighted by Gasteiger charge is -2.28. The molecular formula is C13H21N3S. The summed E-state index contributed by atoms with van der Waals surface area (Å²) >= 11 is 1.59. The SMILES string of the molecule is CC(NCc1cnc(N)s1)C1CC2CCC1C2. The van der Waals surface area contributed by atoms with Crippen molar-refractivity contribution in [2.45, 2.75) is 45.2 Å². The lowest BCUT2D eigenvalue weighted by Crippen LogP contribution is -2.35. The number of thiazole rings is 1. The monoisotopic (exact) mass is 251 g/mol. The highest BCUT2D eigenvalue weighted by atomic mass is 32.1. The summed E-state index contributed by atoms with van der Waals surface area (Å²) in [5.74, 6) is 2.93. The van der Waals surface area contributed by atoms with Gasteiger partial charge in [-0.25, -0.2) is 4.98 Å². The molecule has 1 aromatic heterocycles. The van der Waals surface area contributed by atoms with E-state index in [9.17, 15) is 0 Å². The highest BCUT2D eigenvalue weighted by Gasteiger charge is 2.41. The van der Waals surface area contributed by atoms with Gasteiger partial charge in [0.25, 0.3) is 0 Å². The Bertz CT molecular complexity index is 390. The fourth-order valence-corrected chi connectivity index (χ4v) is 4.36. The van der Waals surface area contributed by atoms with E-state index in [4.69, 9.17) is 5.73 Å². The summed E-state index contributed by atoms with van der Waals surface area (Å²) in [5, 5.41) is 4.33. The van der Waals surface area contributed by atoms with Crippen molar-refractivity contribution in [1.82, 2.24) is 10.3 Å². The van der Waals surface area contributed by atoms with Gasteiger partial charge in [-0.1, -0.05) is 6.42 Å². The molecule has 4 heteroatoms.